The minimum absolute atomic E-state index is 0.173. The molecule has 1 amide bonds. The molecule has 0 aliphatic carbocycles. The van der Waals surface area contributed by atoms with Gasteiger partial charge in [-0.15, -0.1) is 11.8 Å². The van der Waals surface area contributed by atoms with E-state index in [0.717, 1.165) is 22.4 Å². The Morgan fingerprint density at radius 3 is 2.48 bits per heavy atom. The predicted octanol–water partition coefficient (Wildman–Crippen LogP) is 4.27. The van der Waals surface area contributed by atoms with Gasteiger partial charge in [-0.1, -0.05) is 54.6 Å². The highest BCUT2D eigenvalue weighted by atomic mass is 32.2. The molecule has 0 fully saturated rings. The first-order valence-corrected chi connectivity index (χ1v) is 13.4. The lowest BCUT2D eigenvalue weighted by Gasteiger charge is -2.37. The SMILES string of the molecule is CS(=O)(=O)Cc1cccc(C(=O)OCC(=O)N2c3ccccc3SCC2c2ccccc2)c1. The molecule has 0 aromatic heterocycles. The maximum absolute atomic E-state index is 13.3. The molecule has 1 unspecified atom stereocenters. The molecule has 8 heteroatoms. The Hall–Kier alpha value is -3.10. The normalized spacial score (nSPS) is 15.5. The van der Waals surface area contributed by atoms with E-state index >= 15 is 0 Å². The molecule has 1 aliphatic heterocycles. The van der Waals surface area contributed by atoms with E-state index in [-0.39, 0.29) is 23.3 Å². The number of esters is 1. The Balaban J connectivity index is 1.53. The molecule has 170 valence electrons. The number of hydrogen-bond acceptors (Lipinski definition) is 6. The minimum atomic E-state index is -3.24. The van der Waals surface area contributed by atoms with E-state index < -0.39 is 22.4 Å². The number of anilines is 1. The monoisotopic (exact) mass is 481 g/mol. The molecular weight excluding hydrogens is 458 g/mol. The van der Waals surface area contributed by atoms with Crippen LogP contribution < -0.4 is 4.90 Å². The number of sulfone groups is 1. The second-order valence-corrected chi connectivity index (χ2v) is 11.0. The summed E-state index contributed by atoms with van der Waals surface area (Å²) in [7, 11) is -3.24. The summed E-state index contributed by atoms with van der Waals surface area (Å²) in [5, 5.41) is 0. The number of para-hydroxylation sites is 1. The first-order valence-electron chi connectivity index (χ1n) is 10.3. The van der Waals surface area contributed by atoms with Crippen LogP contribution in [0.4, 0.5) is 5.69 Å². The molecule has 3 aromatic carbocycles. The number of benzene rings is 3. The second kappa shape index (κ2) is 9.80. The Bertz CT molecular complexity index is 1270. The van der Waals surface area contributed by atoms with Gasteiger partial charge < -0.3 is 4.74 Å². The molecule has 0 bridgehead atoms. The van der Waals surface area contributed by atoms with Crippen molar-refractivity contribution in [2.75, 3.05) is 23.5 Å². The fourth-order valence-electron chi connectivity index (χ4n) is 3.79. The van der Waals surface area contributed by atoms with E-state index in [1.165, 1.54) is 12.1 Å². The van der Waals surface area contributed by atoms with E-state index in [1.54, 1.807) is 28.8 Å². The van der Waals surface area contributed by atoms with E-state index in [9.17, 15) is 18.0 Å². The highest BCUT2D eigenvalue weighted by molar-refractivity contribution is 7.99. The van der Waals surface area contributed by atoms with Crippen molar-refractivity contribution in [2.45, 2.75) is 16.7 Å². The van der Waals surface area contributed by atoms with Crippen LogP contribution >= 0.6 is 11.8 Å². The smallest absolute Gasteiger partial charge is 0.338 e. The zero-order valence-electron chi connectivity index (χ0n) is 18.0. The summed E-state index contributed by atoms with van der Waals surface area (Å²) in [4.78, 5) is 28.6. The number of hydrogen-bond donors (Lipinski definition) is 0. The number of rotatable bonds is 6. The van der Waals surface area contributed by atoms with Gasteiger partial charge in [-0.25, -0.2) is 13.2 Å². The van der Waals surface area contributed by atoms with Crippen LogP contribution in [0.2, 0.25) is 0 Å². The van der Waals surface area contributed by atoms with Crippen LogP contribution in [0.5, 0.6) is 0 Å². The molecule has 3 aromatic rings. The lowest BCUT2D eigenvalue weighted by atomic mass is 10.1. The third-order valence-electron chi connectivity index (χ3n) is 5.20. The van der Waals surface area contributed by atoms with Crippen molar-refractivity contribution in [1.82, 2.24) is 0 Å². The summed E-state index contributed by atoms with van der Waals surface area (Å²) in [6, 6.07) is 23.5. The molecule has 1 atom stereocenters. The maximum Gasteiger partial charge on any atom is 0.338 e. The average molecular weight is 482 g/mol. The standard InChI is InChI=1S/C25H23NO5S2/c1-33(29,30)17-18-8-7-11-20(14-18)25(28)31-15-24(27)26-21-12-5-6-13-23(21)32-16-22(26)19-9-3-2-4-10-19/h2-14,22H,15-17H2,1H3. The molecule has 0 radical (unpaired) electrons. The zero-order valence-corrected chi connectivity index (χ0v) is 19.6. The Morgan fingerprint density at radius 1 is 1.00 bits per heavy atom. The summed E-state index contributed by atoms with van der Waals surface area (Å²) in [6.45, 7) is -0.419. The van der Waals surface area contributed by atoms with Crippen molar-refractivity contribution in [1.29, 1.82) is 0 Å². The molecule has 1 aliphatic rings. The third-order valence-corrected chi connectivity index (χ3v) is 7.20. The number of nitrogens with zero attached hydrogens (tertiary/aromatic N) is 1. The highest BCUT2D eigenvalue weighted by Gasteiger charge is 2.33. The molecule has 0 saturated carbocycles. The molecular formula is C25H23NO5S2. The van der Waals surface area contributed by atoms with Gasteiger partial charge in [0.05, 0.1) is 23.0 Å². The Morgan fingerprint density at radius 2 is 1.73 bits per heavy atom. The summed E-state index contributed by atoms with van der Waals surface area (Å²) in [5.74, 6) is -0.477. The largest absolute Gasteiger partial charge is 0.452 e. The fraction of sp³-hybridized carbons (Fsp3) is 0.200. The molecule has 0 N–H and O–H groups in total. The van der Waals surface area contributed by atoms with Crippen molar-refractivity contribution in [3.8, 4) is 0 Å². The fourth-order valence-corrected chi connectivity index (χ4v) is 5.74. The zero-order chi connectivity index (χ0) is 23.4. The predicted molar refractivity (Wildman–Crippen MR) is 129 cm³/mol. The number of carbonyl (C=O) groups excluding carboxylic acids is 2. The van der Waals surface area contributed by atoms with Crippen LogP contribution in [0.25, 0.3) is 0 Å². The lowest BCUT2D eigenvalue weighted by molar-refractivity contribution is -0.122. The van der Waals surface area contributed by atoms with Crippen molar-refractivity contribution < 1.29 is 22.7 Å². The van der Waals surface area contributed by atoms with Gasteiger partial charge in [0.25, 0.3) is 5.91 Å². The van der Waals surface area contributed by atoms with E-state index in [4.69, 9.17) is 4.74 Å². The van der Waals surface area contributed by atoms with Crippen molar-refractivity contribution in [3.63, 3.8) is 0 Å². The summed E-state index contributed by atoms with van der Waals surface area (Å²) in [6.07, 6.45) is 1.13. The van der Waals surface area contributed by atoms with Crippen molar-refractivity contribution in [2.24, 2.45) is 0 Å². The molecule has 1 heterocycles. The first-order chi connectivity index (χ1) is 15.8. The van der Waals surface area contributed by atoms with Gasteiger partial charge in [0.15, 0.2) is 16.4 Å². The Kier molecular flexibility index (Phi) is 6.85. The lowest BCUT2D eigenvalue weighted by Crippen LogP contribution is -2.41. The molecule has 0 saturated heterocycles. The summed E-state index contributed by atoms with van der Waals surface area (Å²) < 4.78 is 28.4. The number of amides is 1. The summed E-state index contributed by atoms with van der Waals surface area (Å²) in [5.41, 5.74) is 2.49. The van der Waals surface area contributed by atoms with Gasteiger partial charge in [-0.3, -0.25) is 9.69 Å². The number of fused-ring (bicyclic) bond motifs is 1. The average Bonchev–Trinajstić information content (AvgIpc) is 2.81. The van der Waals surface area contributed by atoms with Crippen LogP contribution in [0.15, 0.2) is 83.8 Å². The molecule has 6 nitrogen and oxygen atoms in total. The maximum atomic E-state index is 13.3. The molecule has 4 rings (SSSR count). The topological polar surface area (TPSA) is 80.7 Å². The summed E-state index contributed by atoms with van der Waals surface area (Å²) >= 11 is 1.69. The van der Waals surface area contributed by atoms with Crippen LogP contribution in [0.1, 0.15) is 27.5 Å². The van der Waals surface area contributed by atoms with Gasteiger partial charge in [-0.2, -0.15) is 0 Å². The van der Waals surface area contributed by atoms with Crippen LogP contribution in [0.3, 0.4) is 0 Å². The minimum Gasteiger partial charge on any atom is -0.452 e. The van der Waals surface area contributed by atoms with Gasteiger partial charge in [0, 0.05) is 16.9 Å². The highest BCUT2D eigenvalue weighted by Crippen LogP contribution is 2.43. The van der Waals surface area contributed by atoms with Gasteiger partial charge in [0.2, 0.25) is 0 Å². The Labute approximate surface area is 197 Å². The van der Waals surface area contributed by atoms with E-state index in [1.807, 2.05) is 54.6 Å². The quantitative estimate of drug-likeness (QED) is 0.489. The first kappa shape index (κ1) is 23.1. The van der Waals surface area contributed by atoms with Gasteiger partial charge in [-0.05, 0) is 35.4 Å². The van der Waals surface area contributed by atoms with Crippen LogP contribution in [-0.4, -0.2) is 38.9 Å². The van der Waals surface area contributed by atoms with E-state index in [0.29, 0.717) is 11.3 Å². The van der Waals surface area contributed by atoms with Crippen molar-refractivity contribution in [3.05, 3.63) is 95.6 Å². The van der Waals surface area contributed by atoms with Crippen molar-refractivity contribution >= 4 is 39.2 Å². The van der Waals surface area contributed by atoms with Gasteiger partial charge in [0.1, 0.15) is 0 Å². The second-order valence-electron chi connectivity index (χ2n) is 7.82. The molecule has 0 spiro atoms. The van der Waals surface area contributed by atoms with E-state index in [2.05, 4.69) is 0 Å². The number of carbonyl (C=O) groups is 2. The van der Waals surface area contributed by atoms with Gasteiger partial charge >= 0.3 is 5.97 Å². The third kappa shape index (κ3) is 5.64. The van der Waals surface area contributed by atoms with Crippen LogP contribution in [0, 0.1) is 0 Å². The molecule has 33 heavy (non-hydrogen) atoms. The number of ether oxygens (including phenoxy) is 1. The van der Waals surface area contributed by atoms with Crippen LogP contribution in [-0.2, 0) is 25.1 Å². The number of thioether (sulfide) groups is 1.